The first-order chi connectivity index (χ1) is 14.8. The number of hydrogen-bond acceptors (Lipinski definition) is 3. The van der Waals surface area contributed by atoms with E-state index in [-0.39, 0.29) is 5.91 Å². The van der Waals surface area contributed by atoms with Crippen molar-refractivity contribution in [3.05, 3.63) is 90.5 Å². The minimum absolute atomic E-state index is 0.0789. The van der Waals surface area contributed by atoms with Gasteiger partial charge in [0.25, 0.3) is 5.91 Å². The zero-order valence-corrected chi connectivity index (χ0v) is 16.6. The summed E-state index contributed by atoms with van der Waals surface area (Å²) in [6.45, 7) is 3.10. The molecule has 30 heavy (non-hydrogen) atoms. The lowest BCUT2D eigenvalue weighted by Gasteiger charge is -2.34. The quantitative estimate of drug-likeness (QED) is 0.535. The van der Waals surface area contributed by atoms with E-state index in [0.29, 0.717) is 18.7 Å². The number of rotatable bonds is 4. The number of carbonyl (C=O) groups excluding carboxylic acids is 1. The number of fused-ring (bicyclic) bond motifs is 1. The van der Waals surface area contributed by atoms with Crippen LogP contribution in [0.4, 0.5) is 0 Å². The van der Waals surface area contributed by atoms with E-state index < -0.39 is 0 Å². The number of H-pyrrole nitrogens is 1. The maximum Gasteiger partial charge on any atom is 0.253 e. The summed E-state index contributed by atoms with van der Waals surface area (Å²) < 4.78 is 5.54. The largest absolute Gasteiger partial charge is 0.464 e. The second-order valence-electron chi connectivity index (χ2n) is 7.49. The Morgan fingerprint density at radius 3 is 2.57 bits per heavy atom. The molecule has 1 aliphatic heterocycles. The molecule has 5 nitrogen and oxygen atoms in total. The van der Waals surface area contributed by atoms with E-state index >= 15 is 0 Å². The highest BCUT2D eigenvalue weighted by molar-refractivity contribution is 6.02. The van der Waals surface area contributed by atoms with Crippen LogP contribution in [0, 0.1) is 0 Å². The van der Waals surface area contributed by atoms with Gasteiger partial charge in [-0.3, -0.25) is 4.79 Å². The lowest BCUT2D eigenvalue weighted by molar-refractivity contribution is 0.0680. The fraction of sp³-hybridized carbons (Fsp3) is 0.160. The molecule has 5 rings (SSSR count). The van der Waals surface area contributed by atoms with Crippen molar-refractivity contribution in [3.63, 3.8) is 0 Å². The van der Waals surface area contributed by atoms with Gasteiger partial charge in [-0.15, -0.1) is 0 Å². The summed E-state index contributed by atoms with van der Waals surface area (Å²) in [6.07, 6.45) is 7.83. The normalized spacial score (nSPS) is 14.7. The topological polar surface area (TPSA) is 52.5 Å². The molecule has 5 heteroatoms. The SMILES string of the molecule is O=C(c1ccc2[nH]cc(-c3ccco3)c2c1)N1CCN(C=Cc2ccccc2)CC1. The smallest absolute Gasteiger partial charge is 0.253 e. The van der Waals surface area contributed by atoms with Crippen molar-refractivity contribution >= 4 is 22.9 Å². The van der Waals surface area contributed by atoms with Gasteiger partial charge in [0.05, 0.1) is 6.26 Å². The van der Waals surface area contributed by atoms with Gasteiger partial charge in [0, 0.05) is 54.4 Å². The molecule has 0 spiro atoms. The maximum atomic E-state index is 13.1. The van der Waals surface area contributed by atoms with Crippen molar-refractivity contribution in [1.29, 1.82) is 0 Å². The molecule has 1 fully saturated rings. The lowest BCUT2D eigenvalue weighted by atomic mass is 10.1. The fourth-order valence-electron chi connectivity index (χ4n) is 3.90. The Morgan fingerprint density at radius 1 is 0.967 bits per heavy atom. The molecule has 150 valence electrons. The minimum atomic E-state index is 0.0789. The van der Waals surface area contributed by atoms with Crippen LogP contribution in [0.3, 0.4) is 0 Å². The molecule has 1 aliphatic rings. The second-order valence-corrected chi connectivity index (χ2v) is 7.49. The van der Waals surface area contributed by atoms with E-state index in [1.54, 1.807) is 6.26 Å². The van der Waals surface area contributed by atoms with E-state index in [2.05, 4.69) is 34.3 Å². The average molecular weight is 397 g/mol. The van der Waals surface area contributed by atoms with Crippen LogP contribution >= 0.6 is 0 Å². The Hall–Kier alpha value is -3.73. The van der Waals surface area contributed by atoms with Gasteiger partial charge in [0.1, 0.15) is 5.76 Å². The number of nitrogens with zero attached hydrogens (tertiary/aromatic N) is 2. The van der Waals surface area contributed by atoms with Gasteiger partial charge in [-0.25, -0.2) is 0 Å². The first kappa shape index (κ1) is 18.3. The molecule has 2 aromatic carbocycles. The first-order valence-electron chi connectivity index (χ1n) is 10.2. The third-order valence-electron chi connectivity index (χ3n) is 5.59. The van der Waals surface area contributed by atoms with Gasteiger partial charge in [-0.05, 0) is 48.2 Å². The van der Waals surface area contributed by atoms with Crippen molar-refractivity contribution in [2.75, 3.05) is 26.2 Å². The van der Waals surface area contributed by atoms with E-state index in [9.17, 15) is 4.79 Å². The fourth-order valence-corrected chi connectivity index (χ4v) is 3.90. The van der Waals surface area contributed by atoms with Crippen molar-refractivity contribution in [1.82, 2.24) is 14.8 Å². The number of furan rings is 1. The number of nitrogens with one attached hydrogen (secondary N) is 1. The molecule has 0 saturated carbocycles. The van der Waals surface area contributed by atoms with Crippen LogP contribution in [0.5, 0.6) is 0 Å². The number of aromatic amines is 1. The predicted octanol–water partition coefficient (Wildman–Crippen LogP) is 4.86. The van der Waals surface area contributed by atoms with Crippen LogP contribution in [-0.4, -0.2) is 46.9 Å². The van der Waals surface area contributed by atoms with Crippen LogP contribution in [-0.2, 0) is 0 Å². The molecule has 2 aromatic heterocycles. The summed E-state index contributed by atoms with van der Waals surface area (Å²) >= 11 is 0. The molecule has 3 heterocycles. The number of benzene rings is 2. The van der Waals surface area contributed by atoms with E-state index in [4.69, 9.17) is 4.42 Å². The third-order valence-corrected chi connectivity index (χ3v) is 5.59. The summed E-state index contributed by atoms with van der Waals surface area (Å²) in [6, 6.07) is 19.9. The van der Waals surface area contributed by atoms with Crippen molar-refractivity contribution in [2.45, 2.75) is 0 Å². The van der Waals surface area contributed by atoms with Crippen molar-refractivity contribution < 1.29 is 9.21 Å². The van der Waals surface area contributed by atoms with Gasteiger partial charge in [0.2, 0.25) is 0 Å². The zero-order chi connectivity index (χ0) is 20.3. The van der Waals surface area contributed by atoms with E-state index in [1.165, 1.54) is 5.56 Å². The van der Waals surface area contributed by atoms with Crippen molar-refractivity contribution in [2.24, 2.45) is 0 Å². The molecule has 0 aliphatic carbocycles. The molecule has 0 radical (unpaired) electrons. The van der Waals surface area contributed by atoms with Gasteiger partial charge < -0.3 is 19.2 Å². The van der Waals surface area contributed by atoms with Gasteiger partial charge >= 0.3 is 0 Å². The molecular weight excluding hydrogens is 374 g/mol. The maximum absolute atomic E-state index is 13.1. The van der Waals surface area contributed by atoms with E-state index in [0.717, 1.165) is 35.3 Å². The number of carbonyl (C=O) groups is 1. The molecule has 1 N–H and O–H groups in total. The molecule has 1 amide bonds. The van der Waals surface area contributed by atoms with Crippen LogP contribution in [0.2, 0.25) is 0 Å². The number of hydrogen-bond donors (Lipinski definition) is 1. The Kier molecular flexibility index (Phi) is 4.85. The molecule has 0 unspecified atom stereocenters. The highest BCUT2D eigenvalue weighted by Crippen LogP contribution is 2.30. The molecule has 4 aromatic rings. The highest BCUT2D eigenvalue weighted by Gasteiger charge is 2.21. The van der Waals surface area contributed by atoms with Crippen LogP contribution in [0.25, 0.3) is 28.3 Å². The van der Waals surface area contributed by atoms with Gasteiger partial charge in [-0.1, -0.05) is 30.3 Å². The summed E-state index contributed by atoms with van der Waals surface area (Å²) in [7, 11) is 0. The minimum Gasteiger partial charge on any atom is -0.464 e. The summed E-state index contributed by atoms with van der Waals surface area (Å²) in [5.74, 6) is 0.875. The average Bonchev–Trinajstić information content (AvgIpc) is 3.47. The van der Waals surface area contributed by atoms with Gasteiger partial charge in [0.15, 0.2) is 0 Å². The molecule has 0 bridgehead atoms. The third kappa shape index (κ3) is 3.62. The standard InChI is InChI=1S/C25H23N3O2/c29-25(28-14-12-27(13-15-28)11-10-19-5-2-1-3-6-19)20-8-9-23-21(17-20)22(18-26-23)24-7-4-16-30-24/h1-11,16-18,26H,12-15H2. The molecular formula is C25H23N3O2. The van der Waals surface area contributed by atoms with Crippen molar-refractivity contribution in [3.8, 4) is 11.3 Å². The summed E-state index contributed by atoms with van der Waals surface area (Å²) in [5, 5.41) is 1.00. The van der Waals surface area contributed by atoms with Crippen LogP contribution < -0.4 is 0 Å². The Morgan fingerprint density at radius 2 is 1.80 bits per heavy atom. The monoisotopic (exact) mass is 397 g/mol. The van der Waals surface area contributed by atoms with E-state index in [1.807, 2.05) is 59.6 Å². The Balaban J connectivity index is 1.28. The Bertz CT molecular complexity index is 1170. The molecule has 0 atom stereocenters. The zero-order valence-electron chi connectivity index (χ0n) is 16.6. The van der Waals surface area contributed by atoms with Crippen LogP contribution in [0.1, 0.15) is 15.9 Å². The first-order valence-corrected chi connectivity index (χ1v) is 10.2. The number of aromatic nitrogens is 1. The Labute approximate surface area is 175 Å². The highest BCUT2D eigenvalue weighted by atomic mass is 16.3. The lowest BCUT2D eigenvalue weighted by Crippen LogP contribution is -2.46. The number of amides is 1. The number of piperazine rings is 1. The second kappa shape index (κ2) is 7.95. The predicted molar refractivity (Wildman–Crippen MR) is 119 cm³/mol. The van der Waals surface area contributed by atoms with Crippen LogP contribution in [0.15, 0.2) is 83.7 Å². The summed E-state index contributed by atoms with van der Waals surface area (Å²) in [4.78, 5) is 20.6. The van der Waals surface area contributed by atoms with Gasteiger partial charge in [-0.2, -0.15) is 0 Å². The molecule has 1 saturated heterocycles. The summed E-state index contributed by atoms with van der Waals surface area (Å²) in [5.41, 5.74) is 3.86.